The fraction of sp³-hybridized carbons (Fsp3) is 0.235. The van der Waals surface area contributed by atoms with Crippen molar-refractivity contribution in [2.24, 2.45) is 0 Å². The molecule has 0 aliphatic carbocycles. The zero-order chi connectivity index (χ0) is 21.1. The molecule has 0 saturated heterocycles. The van der Waals surface area contributed by atoms with E-state index in [4.69, 9.17) is 23.2 Å². The lowest BCUT2D eigenvalue weighted by Gasteiger charge is -2.15. The van der Waals surface area contributed by atoms with E-state index in [1.165, 1.54) is 0 Å². The Balaban J connectivity index is 2.02. The number of amides is 1. The molecule has 2 aromatic rings. The molecule has 0 aromatic heterocycles. The van der Waals surface area contributed by atoms with Gasteiger partial charge in [0.15, 0.2) is 0 Å². The van der Waals surface area contributed by atoms with E-state index in [1.54, 1.807) is 25.1 Å². The zero-order valence-electron chi connectivity index (χ0n) is 14.3. The van der Waals surface area contributed by atoms with E-state index in [-0.39, 0.29) is 0 Å². The van der Waals surface area contributed by atoms with Crippen molar-refractivity contribution in [3.05, 3.63) is 63.6 Å². The van der Waals surface area contributed by atoms with Gasteiger partial charge in [0.25, 0.3) is 0 Å². The average molecular weight is 455 g/mol. The minimum atomic E-state index is -4.68. The first-order valence-electron chi connectivity index (χ1n) is 7.81. The number of rotatable bonds is 6. The summed E-state index contributed by atoms with van der Waals surface area (Å²) in [5.74, 6) is -0.672. The molecule has 5 nitrogen and oxygen atoms in total. The number of carbonyl (C=O) groups excluding carboxylic acids is 1. The number of halogens is 5. The molecule has 2 N–H and O–H groups in total. The van der Waals surface area contributed by atoms with Crippen LogP contribution in [0.15, 0.2) is 47.4 Å². The van der Waals surface area contributed by atoms with Gasteiger partial charge in [0.1, 0.15) is 0 Å². The van der Waals surface area contributed by atoms with Gasteiger partial charge in [-0.3, -0.25) is 4.79 Å². The second-order valence-electron chi connectivity index (χ2n) is 5.81. The molecule has 0 spiro atoms. The van der Waals surface area contributed by atoms with Gasteiger partial charge in [-0.15, -0.1) is 0 Å². The SMILES string of the molecule is CC(NC(=O)CNS(=O)(=O)c1cccc(C(F)(F)F)c1)c1ccc(Cl)c(Cl)c1. The summed E-state index contributed by atoms with van der Waals surface area (Å²) in [6.45, 7) is 1.00. The van der Waals surface area contributed by atoms with Gasteiger partial charge in [-0.05, 0) is 42.8 Å². The first-order valence-corrected chi connectivity index (χ1v) is 10.1. The maximum absolute atomic E-state index is 12.7. The minimum Gasteiger partial charge on any atom is -0.348 e. The Labute approximate surface area is 169 Å². The second-order valence-corrected chi connectivity index (χ2v) is 8.39. The van der Waals surface area contributed by atoms with Crippen LogP contribution < -0.4 is 10.0 Å². The lowest BCUT2D eigenvalue weighted by molar-refractivity contribution is -0.137. The van der Waals surface area contributed by atoms with Crippen molar-refractivity contribution in [2.75, 3.05) is 6.54 Å². The van der Waals surface area contributed by atoms with Crippen molar-refractivity contribution in [2.45, 2.75) is 24.0 Å². The maximum atomic E-state index is 12.7. The Morgan fingerprint density at radius 2 is 1.79 bits per heavy atom. The number of benzene rings is 2. The van der Waals surface area contributed by atoms with E-state index in [1.807, 2.05) is 4.72 Å². The van der Waals surface area contributed by atoms with Crippen LogP contribution in [0.25, 0.3) is 0 Å². The molecule has 0 bridgehead atoms. The van der Waals surface area contributed by atoms with Crippen molar-refractivity contribution in [1.82, 2.24) is 10.0 Å². The molecule has 2 rings (SSSR count). The molecule has 0 aliphatic rings. The van der Waals surface area contributed by atoms with Crippen LogP contribution in [0.2, 0.25) is 10.0 Å². The molecule has 0 fully saturated rings. The highest BCUT2D eigenvalue weighted by Crippen LogP contribution is 2.30. The quantitative estimate of drug-likeness (QED) is 0.687. The molecule has 2 aromatic carbocycles. The van der Waals surface area contributed by atoms with Crippen LogP contribution in [-0.2, 0) is 21.0 Å². The molecule has 11 heteroatoms. The summed E-state index contributed by atoms with van der Waals surface area (Å²) >= 11 is 11.7. The molecule has 152 valence electrons. The first-order chi connectivity index (χ1) is 12.9. The molecular weight excluding hydrogens is 440 g/mol. The molecular formula is C17H15Cl2F3N2O3S. The largest absolute Gasteiger partial charge is 0.416 e. The van der Waals surface area contributed by atoms with E-state index in [2.05, 4.69) is 5.32 Å². The monoisotopic (exact) mass is 454 g/mol. The number of carbonyl (C=O) groups is 1. The van der Waals surface area contributed by atoms with Crippen molar-refractivity contribution >= 4 is 39.1 Å². The zero-order valence-corrected chi connectivity index (χ0v) is 16.7. The highest BCUT2D eigenvalue weighted by Gasteiger charge is 2.31. The van der Waals surface area contributed by atoms with Crippen molar-refractivity contribution < 1.29 is 26.4 Å². The van der Waals surface area contributed by atoms with Gasteiger partial charge in [-0.1, -0.05) is 35.3 Å². The summed E-state index contributed by atoms with van der Waals surface area (Å²) in [6.07, 6.45) is -4.68. The summed E-state index contributed by atoms with van der Waals surface area (Å²) in [5.41, 5.74) is -0.462. The topological polar surface area (TPSA) is 75.3 Å². The third-order valence-electron chi connectivity index (χ3n) is 3.72. The summed E-state index contributed by atoms with van der Waals surface area (Å²) in [6, 6.07) is 7.49. The van der Waals surface area contributed by atoms with Crippen LogP contribution >= 0.6 is 23.2 Å². The Hall–Kier alpha value is -1.81. The summed E-state index contributed by atoms with van der Waals surface area (Å²) in [4.78, 5) is 11.4. The second kappa shape index (κ2) is 8.69. The van der Waals surface area contributed by atoms with Gasteiger partial charge in [0.05, 0.1) is 33.1 Å². The Morgan fingerprint density at radius 1 is 1.11 bits per heavy atom. The minimum absolute atomic E-state index is 0.297. The summed E-state index contributed by atoms with van der Waals surface area (Å²) in [7, 11) is -4.30. The lowest BCUT2D eigenvalue weighted by Crippen LogP contribution is -2.38. The van der Waals surface area contributed by atoms with Crippen LogP contribution in [0.1, 0.15) is 24.1 Å². The predicted molar refractivity (Wildman–Crippen MR) is 99.7 cm³/mol. The number of nitrogens with one attached hydrogen (secondary N) is 2. The van der Waals surface area contributed by atoms with Gasteiger partial charge in [0, 0.05) is 0 Å². The van der Waals surface area contributed by atoms with Crippen LogP contribution in [0.5, 0.6) is 0 Å². The predicted octanol–water partition coefficient (Wildman–Crippen LogP) is 4.17. The van der Waals surface area contributed by atoms with Crippen LogP contribution in [0, 0.1) is 0 Å². The van der Waals surface area contributed by atoms with Gasteiger partial charge in [-0.2, -0.15) is 13.2 Å². The van der Waals surface area contributed by atoms with E-state index >= 15 is 0 Å². The third kappa shape index (κ3) is 5.84. The highest BCUT2D eigenvalue weighted by molar-refractivity contribution is 7.89. The molecule has 1 atom stereocenters. The van der Waals surface area contributed by atoms with Crippen molar-refractivity contribution in [1.29, 1.82) is 0 Å². The Morgan fingerprint density at radius 3 is 2.39 bits per heavy atom. The Kier molecular flexibility index (Phi) is 6.97. The number of alkyl halides is 3. The van der Waals surface area contributed by atoms with E-state index < -0.39 is 45.2 Å². The van der Waals surface area contributed by atoms with Crippen LogP contribution in [0.4, 0.5) is 13.2 Å². The molecule has 1 amide bonds. The van der Waals surface area contributed by atoms with E-state index in [9.17, 15) is 26.4 Å². The van der Waals surface area contributed by atoms with Gasteiger partial charge in [0.2, 0.25) is 15.9 Å². The van der Waals surface area contributed by atoms with Gasteiger partial charge in [-0.25, -0.2) is 13.1 Å². The normalized spacial score (nSPS) is 13.2. The van der Waals surface area contributed by atoms with Gasteiger partial charge < -0.3 is 5.32 Å². The standard InChI is InChI=1S/C17H15Cl2F3N2O3S/c1-10(11-5-6-14(18)15(19)7-11)24-16(25)9-23-28(26,27)13-4-2-3-12(8-13)17(20,21)22/h2-8,10,23H,9H2,1H3,(H,24,25). The number of hydrogen-bond donors (Lipinski definition) is 2. The molecule has 1 unspecified atom stereocenters. The molecule has 0 aliphatic heterocycles. The first kappa shape index (κ1) is 22.5. The number of sulfonamides is 1. The highest BCUT2D eigenvalue weighted by atomic mass is 35.5. The molecule has 28 heavy (non-hydrogen) atoms. The van der Waals surface area contributed by atoms with E-state index in [0.29, 0.717) is 21.7 Å². The molecule has 0 heterocycles. The third-order valence-corrected chi connectivity index (χ3v) is 5.85. The van der Waals surface area contributed by atoms with Crippen molar-refractivity contribution in [3.63, 3.8) is 0 Å². The lowest BCUT2D eigenvalue weighted by atomic mass is 10.1. The van der Waals surface area contributed by atoms with Crippen LogP contribution in [0.3, 0.4) is 0 Å². The molecule has 0 saturated carbocycles. The summed E-state index contributed by atoms with van der Waals surface area (Å²) < 4.78 is 64.5. The van der Waals surface area contributed by atoms with Crippen molar-refractivity contribution in [3.8, 4) is 0 Å². The van der Waals surface area contributed by atoms with E-state index in [0.717, 1.165) is 18.2 Å². The Bertz CT molecular complexity index is 982. The average Bonchev–Trinajstić information content (AvgIpc) is 2.61. The fourth-order valence-corrected chi connectivity index (χ4v) is 3.58. The summed E-state index contributed by atoms with van der Waals surface area (Å²) in [5, 5.41) is 3.20. The van der Waals surface area contributed by atoms with Gasteiger partial charge >= 0.3 is 6.18 Å². The fourth-order valence-electron chi connectivity index (χ4n) is 2.24. The van der Waals surface area contributed by atoms with Crippen LogP contribution in [-0.4, -0.2) is 20.9 Å². The molecule has 0 radical (unpaired) electrons. The number of hydrogen-bond acceptors (Lipinski definition) is 3. The smallest absolute Gasteiger partial charge is 0.348 e. The maximum Gasteiger partial charge on any atom is 0.416 e.